The fourth-order valence-corrected chi connectivity index (χ4v) is 5.40. The first kappa shape index (κ1) is 17.6. The Morgan fingerprint density at radius 2 is 1.88 bits per heavy atom. The van der Waals surface area contributed by atoms with E-state index >= 15 is 0 Å². The van der Waals surface area contributed by atoms with E-state index in [0.717, 1.165) is 8.95 Å². The first-order valence-corrected chi connectivity index (χ1v) is 9.60. The van der Waals surface area contributed by atoms with Gasteiger partial charge in [-0.2, -0.15) is 0 Å². The number of ether oxygens (including phenoxy) is 1. The van der Waals surface area contributed by atoms with Crippen LogP contribution in [-0.4, -0.2) is 16.7 Å². The minimum atomic E-state index is -0.108. The summed E-state index contributed by atoms with van der Waals surface area (Å²) in [4.78, 5) is 17.8. The van der Waals surface area contributed by atoms with Crippen LogP contribution in [0.1, 0.15) is 12.7 Å². The van der Waals surface area contributed by atoms with E-state index in [-0.39, 0.29) is 5.56 Å². The SMILES string of the molecule is CCc1nc2ccccc2c(=O)n1-c1c(Br)cc(Br)c(OC)c1Br. The lowest BCUT2D eigenvalue weighted by Crippen LogP contribution is -2.24. The minimum Gasteiger partial charge on any atom is -0.494 e. The van der Waals surface area contributed by atoms with Gasteiger partial charge in [-0.25, -0.2) is 4.98 Å². The number of rotatable bonds is 3. The van der Waals surface area contributed by atoms with Crippen LogP contribution in [-0.2, 0) is 6.42 Å². The fourth-order valence-electron chi connectivity index (χ4n) is 2.60. The van der Waals surface area contributed by atoms with Crippen molar-refractivity contribution in [1.29, 1.82) is 0 Å². The molecule has 0 atom stereocenters. The van der Waals surface area contributed by atoms with Gasteiger partial charge in [0, 0.05) is 10.9 Å². The molecule has 3 aromatic rings. The van der Waals surface area contributed by atoms with E-state index in [1.807, 2.05) is 31.2 Å². The van der Waals surface area contributed by atoms with Crippen molar-refractivity contribution in [2.24, 2.45) is 0 Å². The molecule has 24 heavy (non-hydrogen) atoms. The van der Waals surface area contributed by atoms with Crippen LogP contribution in [0.2, 0.25) is 0 Å². The third kappa shape index (κ3) is 2.82. The Morgan fingerprint density at radius 1 is 1.17 bits per heavy atom. The summed E-state index contributed by atoms with van der Waals surface area (Å²) in [5.74, 6) is 1.31. The predicted molar refractivity (Wildman–Crippen MR) is 106 cm³/mol. The molecule has 0 aliphatic rings. The summed E-state index contributed by atoms with van der Waals surface area (Å²) in [6.07, 6.45) is 0.622. The van der Waals surface area contributed by atoms with Crippen LogP contribution in [0.5, 0.6) is 5.75 Å². The second-order valence-electron chi connectivity index (χ2n) is 5.08. The van der Waals surface area contributed by atoms with Crippen molar-refractivity contribution in [3.8, 4) is 11.4 Å². The molecule has 0 amide bonds. The van der Waals surface area contributed by atoms with Gasteiger partial charge in [0.25, 0.3) is 5.56 Å². The lowest BCUT2D eigenvalue weighted by atomic mass is 10.2. The Labute approximate surface area is 164 Å². The maximum Gasteiger partial charge on any atom is 0.266 e. The zero-order valence-electron chi connectivity index (χ0n) is 12.9. The first-order valence-electron chi connectivity index (χ1n) is 7.22. The third-order valence-corrected chi connectivity index (χ3v) is 5.62. The van der Waals surface area contributed by atoms with E-state index in [0.29, 0.717) is 39.1 Å². The minimum absolute atomic E-state index is 0.108. The Morgan fingerprint density at radius 3 is 2.54 bits per heavy atom. The normalized spacial score (nSPS) is 11.0. The van der Waals surface area contributed by atoms with Crippen LogP contribution in [0.4, 0.5) is 0 Å². The molecule has 3 rings (SSSR count). The zero-order chi connectivity index (χ0) is 17.4. The summed E-state index contributed by atoms with van der Waals surface area (Å²) in [5.41, 5.74) is 1.27. The summed E-state index contributed by atoms with van der Waals surface area (Å²) in [6, 6.07) is 9.23. The average Bonchev–Trinajstić information content (AvgIpc) is 2.56. The number of nitrogens with zero attached hydrogens (tertiary/aromatic N) is 2. The smallest absolute Gasteiger partial charge is 0.266 e. The molecule has 0 aliphatic heterocycles. The lowest BCUT2D eigenvalue weighted by molar-refractivity contribution is 0.409. The number of aryl methyl sites for hydroxylation is 1. The van der Waals surface area contributed by atoms with Crippen molar-refractivity contribution >= 4 is 58.7 Å². The molecule has 0 saturated heterocycles. The van der Waals surface area contributed by atoms with Crippen LogP contribution in [0, 0.1) is 0 Å². The van der Waals surface area contributed by atoms with E-state index in [1.165, 1.54) is 0 Å². The molecule has 1 aromatic heterocycles. The van der Waals surface area contributed by atoms with Crippen molar-refractivity contribution in [1.82, 2.24) is 9.55 Å². The summed E-state index contributed by atoms with van der Waals surface area (Å²) in [7, 11) is 1.59. The third-order valence-electron chi connectivity index (χ3n) is 3.69. The molecule has 4 nitrogen and oxygen atoms in total. The number of hydrogen-bond donors (Lipinski definition) is 0. The molecule has 0 aliphatic carbocycles. The molecular weight excluding hydrogens is 504 g/mol. The van der Waals surface area contributed by atoms with Crippen molar-refractivity contribution in [3.63, 3.8) is 0 Å². The molecule has 0 bridgehead atoms. The van der Waals surface area contributed by atoms with Gasteiger partial charge in [-0.05, 0) is 66.0 Å². The molecule has 0 unspecified atom stereocenters. The average molecular weight is 517 g/mol. The maximum absolute atomic E-state index is 13.1. The number of fused-ring (bicyclic) bond motifs is 1. The second kappa shape index (κ2) is 6.98. The molecule has 124 valence electrons. The lowest BCUT2D eigenvalue weighted by Gasteiger charge is -2.18. The van der Waals surface area contributed by atoms with Crippen LogP contribution >= 0.6 is 47.8 Å². The van der Waals surface area contributed by atoms with Gasteiger partial charge in [0.1, 0.15) is 11.6 Å². The van der Waals surface area contributed by atoms with E-state index in [4.69, 9.17) is 4.74 Å². The highest BCUT2D eigenvalue weighted by atomic mass is 79.9. The van der Waals surface area contributed by atoms with Gasteiger partial charge in [0.15, 0.2) is 0 Å². The maximum atomic E-state index is 13.1. The Bertz CT molecular complexity index is 999. The van der Waals surface area contributed by atoms with Crippen LogP contribution in [0.3, 0.4) is 0 Å². The van der Waals surface area contributed by atoms with Crippen LogP contribution in [0.15, 0.2) is 48.5 Å². The number of halogens is 3. The van der Waals surface area contributed by atoms with Gasteiger partial charge in [-0.1, -0.05) is 19.1 Å². The number of methoxy groups -OCH3 is 1. The monoisotopic (exact) mass is 514 g/mol. The van der Waals surface area contributed by atoms with Gasteiger partial charge in [0.05, 0.1) is 32.6 Å². The number of hydrogen-bond acceptors (Lipinski definition) is 3. The Kier molecular flexibility index (Phi) is 5.13. The molecule has 0 saturated carbocycles. The summed E-state index contributed by atoms with van der Waals surface area (Å²) in [6.45, 7) is 1.98. The van der Waals surface area contributed by atoms with Crippen molar-refractivity contribution in [2.45, 2.75) is 13.3 Å². The predicted octanol–water partition coefficient (Wildman–Crippen LogP) is 5.24. The van der Waals surface area contributed by atoms with Crippen LogP contribution in [0.25, 0.3) is 16.6 Å². The highest BCUT2D eigenvalue weighted by Crippen LogP contribution is 2.42. The van der Waals surface area contributed by atoms with E-state index < -0.39 is 0 Å². The number of para-hydroxylation sites is 1. The van der Waals surface area contributed by atoms with Gasteiger partial charge in [-0.3, -0.25) is 9.36 Å². The number of aromatic nitrogens is 2. The number of benzene rings is 2. The molecule has 2 aromatic carbocycles. The largest absolute Gasteiger partial charge is 0.494 e. The van der Waals surface area contributed by atoms with E-state index in [2.05, 4.69) is 52.8 Å². The highest BCUT2D eigenvalue weighted by molar-refractivity contribution is 9.11. The molecule has 0 fully saturated rings. The Hall–Kier alpha value is -1.18. The molecule has 0 radical (unpaired) electrons. The van der Waals surface area contributed by atoms with Gasteiger partial charge in [-0.15, -0.1) is 0 Å². The summed E-state index contributed by atoms with van der Waals surface area (Å²) in [5, 5.41) is 0.579. The Balaban J connectivity index is 2.47. The molecule has 1 heterocycles. The summed E-state index contributed by atoms with van der Waals surface area (Å²) >= 11 is 10.6. The standard InChI is InChI=1S/C17H13Br3N2O2/c1-3-13-21-12-7-5-4-6-9(12)17(23)22(13)15-10(18)8-11(19)16(24-2)14(15)20/h4-8H,3H2,1-2H3. The highest BCUT2D eigenvalue weighted by Gasteiger charge is 2.20. The molecule has 0 N–H and O–H groups in total. The van der Waals surface area contributed by atoms with E-state index in [9.17, 15) is 4.79 Å². The van der Waals surface area contributed by atoms with Crippen molar-refractivity contribution in [2.75, 3.05) is 7.11 Å². The molecule has 0 spiro atoms. The topological polar surface area (TPSA) is 44.1 Å². The first-order chi connectivity index (χ1) is 11.5. The van der Waals surface area contributed by atoms with Crippen molar-refractivity contribution < 1.29 is 4.74 Å². The quantitative estimate of drug-likeness (QED) is 0.478. The van der Waals surface area contributed by atoms with Gasteiger partial charge >= 0.3 is 0 Å². The van der Waals surface area contributed by atoms with Crippen molar-refractivity contribution in [3.05, 3.63) is 59.9 Å². The molecule has 7 heteroatoms. The van der Waals surface area contributed by atoms with Gasteiger partial charge in [0.2, 0.25) is 0 Å². The van der Waals surface area contributed by atoms with E-state index in [1.54, 1.807) is 17.7 Å². The second-order valence-corrected chi connectivity index (χ2v) is 7.58. The molecular formula is C17H13Br3N2O2. The summed E-state index contributed by atoms with van der Waals surface area (Å²) < 4.78 is 9.30. The zero-order valence-corrected chi connectivity index (χ0v) is 17.7. The fraction of sp³-hybridized carbons (Fsp3) is 0.176. The van der Waals surface area contributed by atoms with Crippen LogP contribution < -0.4 is 10.3 Å². The van der Waals surface area contributed by atoms with Gasteiger partial charge < -0.3 is 4.74 Å².